The molecule has 2 amide bonds. The van der Waals surface area contributed by atoms with Gasteiger partial charge >= 0.3 is 0 Å². The number of imide groups is 1. The first kappa shape index (κ1) is 13.3. The quantitative estimate of drug-likeness (QED) is 0.838. The molecule has 1 atom stereocenters. The Bertz CT molecular complexity index is 497. The predicted molar refractivity (Wildman–Crippen MR) is 74.3 cm³/mol. The number of ether oxygens (including phenoxy) is 1. The molecule has 2 aliphatic heterocycles. The van der Waals surface area contributed by atoms with Crippen LogP contribution in [0.2, 0.25) is 0 Å². The van der Waals surface area contributed by atoms with Gasteiger partial charge in [-0.05, 0) is 25.0 Å². The predicted octanol–water partition coefficient (Wildman–Crippen LogP) is 1.09. The van der Waals surface area contributed by atoms with E-state index in [0.29, 0.717) is 5.69 Å². The number of benzene rings is 1. The topological polar surface area (TPSA) is 58.6 Å². The highest BCUT2D eigenvalue weighted by Crippen LogP contribution is 2.23. The van der Waals surface area contributed by atoms with Crippen molar-refractivity contribution in [3.05, 3.63) is 30.3 Å². The average molecular weight is 274 g/mol. The molecular weight excluding hydrogens is 256 g/mol. The summed E-state index contributed by atoms with van der Waals surface area (Å²) in [5, 5.41) is 3.31. The van der Waals surface area contributed by atoms with E-state index < -0.39 is 6.04 Å². The molecule has 2 aliphatic rings. The number of para-hydroxylation sites is 1. The van der Waals surface area contributed by atoms with Crippen LogP contribution in [0.5, 0.6) is 0 Å². The average Bonchev–Trinajstić information content (AvgIpc) is 2.75. The normalized spacial score (nSPS) is 24.4. The molecule has 20 heavy (non-hydrogen) atoms. The largest absolute Gasteiger partial charge is 0.381 e. The van der Waals surface area contributed by atoms with E-state index in [4.69, 9.17) is 4.74 Å². The van der Waals surface area contributed by atoms with Crippen LogP contribution in [0.15, 0.2) is 30.3 Å². The first-order valence-corrected chi connectivity index (χ1v) is 7.01. The minimum atomic E-state index is -0.397. The van der Waals surface area contributed by atoms with E-state index in [9.17, 15) is 9.59 Å². The molecule has 5 nitrogen and oxygen atoms in total. The van der Waals surface area contributed by atoms with E-state index in [1.807, 2.05) is 18.2 Å². The van der Waals surface area contributed by atoms with Crippen molar-refractivity contribution in [1.82, 2.24) is 5.32 Å². The Morgan fingerprint density at radius 3 is 2.50 bits per heavy atom. The molecule has 0 aromatic heterocycles. The number of anilines is 1. The third-order valence-electron chi connectivity index (χ3n) is 3.82. The summed E-state index contributed by atoms with van der Waals surface area (Å²) in [4.78, 5) is 25.8. The van der Waals surface area contributed by atoms with Gasteiger partial charge in [-0.3, -0.25) is 9.59 Å². The van der Waals surface area contributed by atoms with Crippen molar-refractivity contribution in [2.24, 2.45) is 0 Å². The van der Waals surface area contributed by atoms with E-state index in [0.717, 1.165) is 26.1 Å². The Labute approximate surface area is 117 Å². The Kier molecular flexibility index (Phi) is 3.80. The molecule has 1 unspecified atom stereocenters. The molecule has 0 radical (unpaired) electrons. The summed E-state index contributed by atoms with van der Waals surface area (Å²) in [5.41, 5.74) is 0.652. The van der Waals surface area contributed by atoms with Crippen LogP contribution in [-0.4, -0.2) is 37.1 Å². The Morgan fingerprint density at radius 2 is 1.80 bits per heavy atom. The van der Waals surface area contributed by atoms with Gasteiger partial charge < -0.3 is 10.1 Å². The summed E-state index contributed by atoms with van der Waals surface area (Å²) in [5.74, 6) is -0.279. The molecule has 1 N–H and O–H groups in total. The maximum atomic E-state index is 12.4. The van der Waals surface area contributed by atoms with Crippen molar-refractivity contribution in [2.75, 3.05) is 18.1 Å². The maximum Gasteiger partial charge on any atom is 0.251 e. The zero-order chi connectivity index (χ0) is 13.9. The van der Waals surface area contributed by atoms with E-state index in [1.54, 1.807) is 12.1 Å². The van der Waals surface area contributed by atoms with Gasteiger partial charge in [0.15, 0.2) is 0 Å². The van der Waals surface area contributed by atoms with Crippen LogP contribution in [-0.2, 0) is 14.3 Å². The smallest absolute Gasteiger partial charge is 0.251 e. The SMILES string of the molecule is O=C1CC(NC2CCOCC2)C(=O)N1c1ccccc1. The maximum absolute atomic E-state index is 12.4. The molecule has 0 saturated carbocycles. The number of rotatable bonds is 3. The van der Waals surface area contributed by atoms with Crippen molar-refractivity contribution in [2.45, 2.75) is 31.3 Å². The van der Waals surface area contributed by atoms with Gasteiger partial charge in [0.05, 0.1) is 18.2 Å². The zero-order valence-corrected chi connectivity index (χ0v) is 11.2. The van der Waals surface area contributed by atoms with Crippen molar-refractivity contribution in [3.63, 3.8) is 0 Å². The standard InChI is InChI=1S/C15H18N2O3/c18-14-10-13(16-11-6-8-20-9-7-11)15(19)17(14)12-4-2-1-3-5-12/h1-5,11,13,16H,6-10H2. The summed E-state index contributed by atoms with van der Waals surface area (Å²) in [6.45, 7) is 1.43. The Hall–Kier alpha value is -1.72. The number of carbonyl (C=O) groups excluding carboxylic acids is 2. The van der Waals surface area contributed by atoms with Crippen LogP contribution in [0.3, 0.4) is 0 Å². The second-order valence-electron chi connectivity index (χ2n) is 5.21. The van der Waals surface area contributed by atoms with Crippen molar-refractivity contribution in [1.29, 1.82) is 0 Å². The van der Waals surface area contributed by atoms with E-state index >= 15 is 0 Å². The lowest BCUT2D eigenvalue weighted by Crippen LogP contribution is -2.45. The van der Waals surface area contributed by atoms with Crippen LogP contribution in [0.1, 0.15) is 19.3 Å². The number of hydrogen-bond acceptors (Lipinski definition) is 4. The van der Waals surface area contributed by atoms with Crippen LogP contribution in [0.4, 0.5) is 5.69 Å². The van der Waals surface area contributed by atoms with Crippen LogP contribution < -0.4 is 10.2 Å². The third kappa shape index (κ3) is 2.59. The van der Waals surface area contributed by atoms with E-state index in [1.165, 1.54) is 4.90 Å². The summed E-state index contributed by atoms with van der Waals surface area (Å²) in [6.07, 6.45) is 2.03. The summed E-state index contributed by atoms with van der Waals surface area (Å²) < 4.78 is 5.30. The Balaban J connectivity index is 1.70. The van der Waals surface area contributed by atoms with Crippen LogP contribution in [0.25, 0.3) is 0 Å². The minimum Gasteiger partial charge on any atom is -0.381 e. The highest BCUT2D eigenvalue weighted by molar-refractivity contribution is 6.22. The van der Waals surface area contributed by atoms with Gasteiger partial charge in [-0.1, -0.05) is 18.2 Å². The molecule has 2 fully saturated rings. The first-order chi connectivity index (χ1) is 9.75. The Morgan fingerprint density at radius 1 is 1.10 bits per heavy atom. The second kappa shape index (κ2) is 5.73. The second-order valence-corrected chi connectivity index (χ2v) is 5.21. The summed E-state index contributed by atoms with van der Waals surface area (Å²) >= 11 is 0. The lowest BCUT2D eigenvalue weighted by Gasteiger charge is -2.25. The van der Waals surface area contributed by atoms with E-state index in [2.05, 4.69) is 5.32 Å². The third-order valence-corrected chi connectivity index (χ3v) is 3.82. The molecule has 1 aromatic carbocycles. The highest BCUT2D eigenvalue weighted by atomic mass is 16.5. The molecule has 1 aromatic rings. The lowest BCUT2D eigenvalue weighted by atomic mass is 10.1. The van der Waals surface area contributed by atoms with Gasteiger partial charge in [-0.2, -0.15) is 0 Å². The van der Waals surface area contributed by atoms with Crippen molar-refractivity contribution in [3.8, 4) is 0 Å². The molecule has 0 aliphatic carbocycles. The number of carbonyl (C=O) groups is 2. The molecule has 0 spiro atoms. The van der Waals surface area contributed by atoms with Gasteiger partial charge in [0.1, 0.15) is 0 Å². The molecule has 106 valence electrons. The fraction of sp³-hybridized carbons (Fsp3) is 0.467. The summed E-state index contributed by atoms with van der Waals surface area (Å²) in [6, 6.07) is 8.96. The lowest BCUT2D eigenvalue weighted by molar-refractivity contribution is -0.121. The van der Waals surface area contributed by atoms with Gasteiger partial charge in [0.25, 0.3) is 5.91 Å². The number of nitrogens with one attached hydrogen (secondary N) is 1. The fourth-order valence-corrected chi connectivity index (χ4v) is 2.76. The molecule has 2 saturated heterocycles. The van der Waals surface area contributed by atoms with Crippen LogP contribution >= 0.6 is 0 Å². The van der Waals surface area contributed by atoms with Gasteiger partial charge in [-0.25, -0.2) is 4.90 Å². The van der Waals surface area contributed by atoms with E-state index in [-0.39, 0.29) is 24.3 Å². The fourth-order valence-electron chi connectivity index (χ4n) is 2.76. The van der Waals surface area contributed by atoms with Crippen molar-refractivity contribution < 1.29 is 14.3 Å². The zero-order valence-electron chi connectivity index (χ0n) is 11.2. The highest BCUT2D eigenvalue weighted by Gasteiger charge is 2.40. The minimum absolute atomic E-state index is 0.134. The van der Waals surface area contributed by atoms with Gasteiger partial charge in [0.2, 0.25) is 5.91 Å². The van der Waals surface area contributed by atoms with Crippen molar-refractivity contribution >= 4 is 17.5 Å². The van der Waals surface area contributed by atoms with Gasteiger partial charge in [0, 0.05) is 19.3 Å². The van der Waals surface area contributed by atoms with Crippen LogP contribution in [0, 0.1) is 0 Å². The molecular formula is C15H18N2O3. The molecule has 3 rings (SSSR count). The number of amides is 2. The molecule has 2 heterocycles. The van der Waals surface area contributed by atoms with Gasteiger partial charge in [-0.15, -0.1) is 0 Å². The molecule has 5 heteroatoms. The first-order valence-electron chi connectivity index (χ1n) is 7.01. The monoisotopic (exact) mass is 274 g/mol. The number of nitrogens with zero attached hydrogens (tertiary/aromatic N) is 1. The number of hydrogen-bond donors (Lipinski definition) is 1. The molecule has 0 bridgehead atoms. The summed E-state index contributed by atoms with van der Waals surface area (Å²) in [7, 11) is 0.